The summed E-state index contributed by atoms with van der Waals surface area (Å²) < 4.78 is 5.48. The third-order valence-corrected chi connectivity index (χ3v) is 2.21. The molecule has 1 heterocycles. The maximum atomic E-state index is 5.48. The summed E-state index contributed by atoms with van der Waals surface area (Å²) in [6.07, 6.45) is 5.86. The molecule has 1 aliphatic carbocycles. The van der Waals surface area contributed by atoms with E-state index in [1.807, 2.05) is 0 Å². The molecule has 1 heteroatoms. The molecule has 0 aromatic heterocycles. The van der Waals surface area contributed by atoms with Gasteiger partial charge in [-0.25, -0.2) is 0 Å². The average Bonchev–Trinajstić information content (AvgIpc) is 2.36. The summed E-state index contributed by atoms with van der Waals surface area (Å²) in [6.45, 7) is 3.08. The van der Waals surface area contributed by atoms with Gasteiger partial charge in [0.15, 0.2) is 0 Å². The van der Waals surface area contributed by atoms with E-state index in [1.165, 1.54) is 29.7 Å². The second-order valence-electron chi connectivity index (χ2n) is 2.98. The summed E-state index contributed by atoms with van der Waals surface area (Å²) in [6, 6.07) is 0. The third-order valence-electron chi connectivity index (χ3n) is 2.21. The highest BCUT2D eigenvalue weighted by atomic mass is 16.5. The predicted octanol–water partition coefficient (Wildman–Crippen LogP) is 2.40. The summed E-state index contributed by atoms with van der Waals surface area (Å²) in [5, 5.41) is 0. The number of allylic oxidation sites excluding steroid dienone is 3. The molecular formula is C9H12O. The lowest BCUT2D eigenvalue weighted by Crippen LogP contribution is -1.93. The molecule has 0 bridgehead atoms. The Morgan fingerprint density at radius 3 is 3.10 bits per heavy atom. The fraction of sp³-hybridized carbons (Fsp3) is 0.556. The van der Waals surface area contributed by atoms with Crippen LogP contribution >= 0.6 is 0 Å². The van der Waals surface area contributed by atoms with Crippen LogP contribution in [0.4, 0.5) is 0 Å². The van der Waals surface area contributed by atoms with Crippen LogP contribution in [-0.2, 0) is 4.74 Å². The van der Waals surface area contributed by atoms with Crippen LogP contribution in [0.2, 0.25) is 0 Å². The Balaban J connectivity index is 2.38. The fourth-order valence-corrected chi connectivity index (χ4v) is 1.64. The van der Waals surface area contributed by atoms with Gasteiger partial charge in [0.25, 0.3) is 0 Å². The summed E-state index contributed by atoms with van der Waals surface area (Å²) >= 11 is 0. The van der Waals surface area contributed by atoms with E-state index in [0.29, 0.717) is 0 Å². The molecule has 1 fully saturated rings. The van der Waals surface area contributed by atoms with Gasteiger partial charge in [-0.05, 0) is 30.9 Å². The molecule has 0 aromatic rings. The van der Waals surface area contributed by atoms with Gasteiger partial charge in [0.1, 0.15) is 5.76 Å². The Morgan fingerprint density at radius 1 is 1.40 bits per heavy atom. The molecule has 2 rings (SSSR count). The fourth-order valence-electron chi connectivity index (χ4n) is 1.64. The van der Waals surface area contributed by atoms with Crippen molar-refractivity contribution in [2.45, 2.75) is 26.2 Å². The van der Waals surface area contributed by atoms with E-state index in [-0.39, 0.29) is 0 Å². The van der Waals surface area contributed by atoms with Crippen LogP contribution in [0.3, 0.4) is 0 Å². The van der Waals surface area contributed by atoms with Crippen molar-refractivity contribution in [3.8, 4) is 0 Å². The summed E-state index contributed by atoms with van der Waals surface area (Å²) in [7, 11) is 0. The lowest BCUT2D eigenvalue weighted by Gasteiger charge is -2.10. The van der Waals surface area contributed by atoms with Gasteiger partial charge in [-0.2, -0.15) is 0 Å². The number of hydrogen-bond donors (Lipinski definition) is 0. The van der Waals surface area contributed by atoms with E-state index in [9.17, 15) is 0 Å². The Morgan fingerprint density at radius 2 is 2.30 bits per heavy atom. The SMILES string of the molecule is CC1=C2OCCC2=CCC1. The molecule has 1 saturated heterocycles. The number of fused-ring (bicyclic) bond motifs is 1. The van der Waals surface area contributed by atoms with Crippen LogP contribution in [-0.4, -0.2) is 6.61 Å². The van der Waals surface area contributed by atoms with E-state index < -0.39 is 0 Å². The van der Waals surface area contributed by atoms with Crippen molar-refractivity contribution in [3.05, 3.63) is 23.0 Å². The van der Waals surface area contributed by atoms with E-state index in [4.69, 9.17) is 4.74 Å². The molecule has 0 saturated carbocycles. The summed E-state index contributed by atoms with van der Waals surface area (Å²) in [5.41, 5.74) is 2.89. The highest BCUT2D eigenvalue weighted by molar-refractivity contribution is 5.35. The monoisotopic (exact) mass is 136 g/mol. The second kappa shape index (κ2) is 2.15. The number of hydrogen-bond acceptors (Lipinski definition) is 1. The van der Waals surface area contributed by atoms with E-state index >= 15 is 0 Å². The van der Waals surface area contributed by atoms with Crippen LogP contribution in [0.25, 0.3) is 0 Å². The van der Waals surface area contributed by atoms with Crippen molar-refractivity contribution in [3.63, 3.8) is 0 Å². The molecule has 10 heavy (non-hydrogen) atoms. The quantitative estimate of drug-likeness (QED) is 0.497. The van der Waals surface area contributed by atoms with E-state index in [0.717, 1.165) is 13.0 Å². The molecule has 1 nitrogen and oxygen atoms in total. The smallest absolute Gasteiger partial charge is 0.121 e. The first-order chi connectivity index (χ1) is 4.88. The van der Waals surface area contributed by atoms with E-state index in [2.05, 4.69) is 13.0 Å². The Hall–Kier alpha value is -0.720. The molecule has 2 aliphatic rings. The standard InChI is InChI=1S/C9H12O/c1-7-3-2-4-8-5-6-10-9(7)8/h4H,2-3,5-6H2,1H3. The highest BCUT2D eigenvalue weighted by Crippen LogP contribution is 2.32. The Kier molecular flexibility index (Phi) is 1.30. The largest absolute Gasteiger partial charge is 0.493 e. The zero-order chi connectivity index (χ0) is 6.97. The molecule has 0 amide bonds. The molecule has 0 aromatic carbocycles. The highest BCUT2D eigenvalue weighted by Gasteiger charge is 2.19. The molecular weight excluding hydrogens is 124 g/mol. The van der Waals surface area contributed by atoms with Gasteiger partial charge in [0.2, 0.25) is 0 Å². The van der Waals surface area contributed by atoms with Gasteiger partial charge in [0, 0.05) is 6.42 Å². The molecule has 54 valence electrons. The molecule has 0 atom stereocenters. The summed E-state index contributed by atoms with van der Waals surface area (Å²) in [5.74, 6) is 1.20. The maximum absolute atomic E-state index is 5.48. The molecule has 0 unspecified atom stereocenters. The molecule has 0 radical (unpaired) electrons. The minimum Gasteiger partial charge on any atom is -0.493 e. The van der Waals surface area contributed by atoms with Crippen molar-refractivity contribution in [1.29, 1.82) is 0 Å². The van der Waals surface area contributed by atoms with E-state index in [1.54, 1.807) is 0 Å². The average molecular weight is 136 g/mol. The Labute approximate surface area is 61.4 Å². The van der Waals surface area contributed by atoms with Crippen LogP contribution in [0.1, 0.15) is 26.2 Å². The van der Waals surface area contributed by atoms with Crippen molar-refractivity contribution in [1.82, 2.24) is 0 Å². The first kappa shape index (κ1) is 6.02. The minimum atomic E-state index is 0.901. The Bertz CT molecular complexity index is 205. The predicted molar refractivity (Wildman–Crippen MR) is 40.6 cm³/mol. The van der Waals surface area contributed by atoms with Gasteiger partial charge >= 0.3 is 0 Å². The third kappa shape index (κ3) is 0.772. The molecule has 1 aliphatic heterocycles. The zero-order valence-electron chi connectivity index (χ0n) is 6.31. The lowest BCUT2D eigenvalue weighted by molar-refractivity contribution is 0.260. The number of rotatable bonds is 0. The molecule has 0 N–H and O–H groups in total. The van der Waals surface area contributed by atoms with Crippen LogP contribution in [0, 0.1) is 0 Å². The minimum absolute atomic E-state index is 0.901. The van der Waals surface area contributed by atoms with Gasteiger partial charge in [-0.1, -0.05) is 6.08 Å². The van der Waals surface area contributed by atoms with Crippen molar-refractivity contribution < 1.29 is 4.74 Å². The van der Waals surface area contributed by atoms with Gasteiger partial charge < -0.3 is 4.74 Å². The van der Waals surface area contributed by atoms with Crippen LogP contribution in [0.15, 0.2) is 23.0 Å². The molecule has 0 spiro atoms. The van der Waals surface area contributed by atoms with Crippen LogP contribution in [0.5, 0.6) is 0 Å². The first-order valence-corrected chi connectivity index (χ1v) is 3.90. The second-order valence-corrected chi connectivity index (χ2v) is 2.98. The van der Waals surface area contributed by atoms with Crippen molar-refractivity contribution in [2.75, 3.05) is 6.61 Å². The summed E-state index contributed by atoms with van der Waals surface area (Å²) in [4.78, 5) is 0. The van der Waals surface area contributed by atoms with Gasteiger partial charge in [-0.3, -0.25) is 0 Å². The maximum Gasteiger partial charge on any atom is 0.121 e. The van der Waals surface area contributed by atoms with Gasteiger partial charge in [-0.15, -0.1) is 0 Å². The topological polar surface area (TPSA) is 9.23 Å². The zero-order valence-corrected chi connectivity index (χ0v) is 6.31. The van der Waals surface area contributed by atoms with Crippen LogP contribution < -0.4 is 0 Å². The lowest BCUT2D eigenvalue weighted by atomic mass is 9.98. The van der Waals surface area contributed by atoms with Gasteiger partial charge in [0.05, 0.1) is 6.61 Å². The van der Waals surface area contributed by atoms with Crippen molar-refractivity contribution in [2.24, 2.45) is 0 Å². The number of ether oxygens (including phenoxy) is 1. The normalized spacial score (nSPS) is 23.9. The van der Waals surface area contributed by atoms with Crippen molar-refractivity contribution >= 4 is 0 Å². The first-order valence-electron chi connectivity index (χ1n) is 3.90.